The molecule has 0 unspecified atom stereocenters. The summed E-state index contributed by atoms with van der Waals surface area (Å²) >= 11 is 3.08. The molecule has 5 nitrogen and oxygen atoms in total. The summed E-state index contributed by atoms with van der Waals surface area (Å²) < 4.78 is 7.39. The Labute approximate surface area is 167 Å². The van der Waals surface area contributed by atoms with Crippen molar-refractivity contribution in [1.82, 2.24) is 9.55 Å². The lowest BCUT2D eigenvalue weighted by Crippen LogP contribution is -2.13. The van der Waals surface area contributed by atoms with Crippen molar-refractivity contribution < 1.29 is 9.53 Å². The fraction of sp³-hybridized carbons (Fsp3) is 0.200. The van der Waals surface area contributed by atoms with Gasteiger partial charge in [-0.05, 0) is 55.5 Å². The highest BCUT2D eigenvalue weighted by atomic mass is 32.2. The number of amides is 1. The maximum Gasteiger partial charge on any atom is 0.234 e. The Morgan fingerprint density at radius 3 is 2.44 bits per heavy atom. The van der Waals surface area contributed by atoms with Gasteiger partial charge in [0.2, 0.25) is 5.91 Å². The molecule has 0 radical (unpaired) electrons. The molecule has 0 aliphatic rings. The maximum absolute atomic E-state index is 12.2. The van der Waals surface area contributed by atoms with E-state index in [1.54, 1.807) is 18.0 Å². The molecule has 140 valence electrons. The second-order valence-electron chi connectivity index (χ2n) is 5.69. The zero-order valence-corrected chi connectivity index (χ0v) is 16.8. The van der Waals surface area contributed by atoms with E-state index >= 15 is 0 Å². The zero-order chi connectivity index (χ0) is 19.1. The number of rotatable bonds is 8. The Balaban J connectivity index is 1.48. The molecule has 1 N–H and O–H groups in total. The first-order valence-electron chi connectivity index (χ1n) is 8.55. The molecule has 0 saturated carbocycles. The molecule has 2 aromatic carbocycles. The molecule has 1 amide bonds. The quantitative estimate of drug-likeness (QED) is 0.557. The van der Waals surface area contributed by atoms with E-state index in [4.69, 9.17) is 4.74 Å². The molecule has 7 heteroatoms. The third-order valence-electron chi connectivity index (χ3n) is 3.63. The van der Waals surface area contributed by atoms with Gasteiger partial charge in [0.05, 0.1) is 12.4 Å². The third kappa shape index (κ3) is 5.80. The molecule has 1 aromatic heterocycles. The van der Waals surface area contributed by atoms with E-state index in [0.717, 1.165) is 26.4 Å². The van der Waals surface area contributed by atoms with Crippen molar-refractivity contribution in [2.45, 2.75) is 21.9 Å². The van der Waals surface area contributed by atoms with Crippen LogP contribution in [-0.2, 0) is 11.8 Å². The molecule has 0 fully saturated rings. The van der Waals surface area contributed by atoms with Crippen molar-refractivity contribution >= 4 is 35.1 Å². The summed E-state index contributed by atoms with van der Waals surface area (Å²) in [5.74, 6) is 1.17. The van der Waals surface area contributed by atoms with E-state index in [2.05, 4.69) is 10.3 Å². The summed E-state index contributed by atoms with van der Waals surface area (Å²) in [5, 5.41) is 3.86. The van der Waals surface area contributed by atoms with E-state index in [9.17, 15) is 4.79 Å². The number of imidazole rings is 1. The van der Waals surface area contributed by atoms with Crippen molar-refractivity contribution in [2.24, 2.45) is 7.05 Å². The van der Waals surface area contributed by atoms with Crippen LogP contribution in [0.3, 0.4) is 0 Å². The van der Waals surface area contributed by atoms with Crippen LogP contribution in [0.15, 0.2) is 75.9 Å². The normalized spacial score (nSPS) is 10.6. The summed E-state index contributed by atoms with van der Waals surface area (Å²) in [4.78, 5) is 18.6. The van der Waals surface area contributed by atoms with Crippen molar-refractivity contribution in [3.05, 3.63) is 60.9 Å². The van der Waals surface area contributed by atoms with Crippen molar-refractivity contribution in [1.29, 1.82) is 0 Å². The highest BCUT2D eigenvalue weighted by Crippen LogP contribution is 2.27. The summed E-state index contributed by atoms with van der Waals surface area (Å²) in [6, 6.07) is 15.5. The van der Waals surface area contributed by atoms with E-state index in [0.29, 0.717) is 12.4 Å². The molecule has 1 heterocycles. The number of anilines is 1. The number of carbonyl (C=O) groups is 1. The van der Waals surface area contributed by atoms with Crippen LogP contribution in [0.25, 0.3) is 0 Å². The molecule has 0 bridgehead atoms. The van der Waals surface area contributed by atoms with Crippen LogP contribution in [0, 0.1) is 0 Å². The lowest BCUT2D eigenvalue weighted by Gasteiger charge is -2.07. The number of carbonyl (C=O) groups excluding carboxylic acids is 1. The Bertz CT molecular complexity index is 877. The lowest BCUT2D eigenvalue weighted by molar-refractivity contribution is -0.113. The van der Waals surface area contributed by atoms with Crippen LogP contribution in [0.5, 0.6) is 5.75 Å². The van der Waals surface area contributed by atoms with Gasteiger partial charge in [-0.3, -0.25) is 4.79 Å². The number of hydrogen-bond donors (Lipinski definition) is 1. The van der Waals surface area contributed by atoms with Gasteiger partial charge in [0, 0.05) is 34.9 Å². The van der Waals surface area contributed by atoms with E-state index in [1.165, 1.54) is 11.8 Å². The molecule has 0 aliphatic carbocycles. The van der Waals surface area contributed by atoms with Gasteiger partial charge in [0.25, 0.3) is 0 Å². The molecule has 3 rings (SSSR count). The molecule has 0 atom stereocenters. The van der Waals surface area contributed by atoms with Crippen molar-refractivity contribution in [3.8, 4) is 5.75 Å². The summed E-state index contributed by atoms with van der Waals surface area (Å²) in [7, 11) is 1.96. The molecule has 0 spiro atoms. The Morgan fingerprint density at radius 2 is 1.81 bits per heavy atom. The minimum atomic E-state index is -0.0293. The average molecular weight is 400 g/mol. The van der Waals surface area contributed by atoms with Crippen LogP contribution in [-0.4, -0.2) is 27.8 Å². The summed E-state index contributed by atoms with van der Waals surface area (Å²) in [5.41, 5.74) is 0.788. The number of thioether (sulfide) groups is 1. The van der Waals surface area contributed by atoms with Gasteiger partial charge >= 0.3 is 0 Å². The predicted molar refractivity (Wildman–Crippen MR) is 111 cm³/mol. The van der Waals surface area contributed by atoms with Gasteiger partial charge in [0.15, 0.2) is 5.16 Å². The number of nitrogens with one attached hydrogen (secondary N) is 1. The number of nitrogens with zero attached hydrogens (tertiary/aromatic N) is 2. The van der Waals surface area contributed by atoms with Crippen molar-refractivity contribution in [3.63, 3.8) is 0 Å². The maximum atomic E-state index is 12.2. The van der Waals surface area contributed by atoms with Gasteiger partial charge in [-0.25, -0.2) is 4.98 Å². The van der Waals surface area contributed by atoms with Gasteiger partial charge in [0.1, 0.15) is 5.75 Å². The highest BCUT2D eigenvalue weighted by molar-refractivity contribution is 8.00. The zero-order valence-electron chi connectivity index (χ0n) is 15.2. The second-order valence-corrected chi connectivity index (χ2v) is 7.78. The summed E-state index contributed by atoms with van der Waals surface area (Å²) in [6.45, 7) is 2.60. The molecule has 0 aliphatic heterocycles. The SMILES string of the molecule is CCOc1ccc(SCC(=O)Nc2ccc(Sc3nccn3C)cc2)cc1. The first-order valence-corrected chi connectivity index (χ1v) is 10.3. The van der Waals surface area contributed by atoms with Crippen LogP contribution in [0.4, 0.5) is 5.69 Å². The molecule has 0 saturated heterocycles. The third-order valence-corrected chi connectivity index (χ3v) is 5.72. The van der Waals surface area contributed by atoms with Gasteiger partial charge in [-0.15, -0.1) is 11.8 Å². The van der Waals surface area contributed by atoms with Crippen LogP contribution >= 0.6 is 23.5 Å². The standard InChI is InChI=1S/C20H21N3O2S2/c1-3-25-16-6-10-17(11-7-16)26-14-19(24)22-15-4-8-18(9-5-15)27-20-21-12-13-23(20)2/h4-13H,3,14H2,1-2H3,(H,22,24). The average Bonchev–Trinajstić information content (AvgIpc) is 3.08. The minimum Gasteiger partial charge on any atom is -0.494 e. The van der Waals surface area contributed by atoms with Crippen LogP contribution in [0.1, 0.15) is 6.92 Å². The number of benzene rings is 2. The number of aryl methyl sites for hydroxylation is 1. The number of ether oxygens (including phenoxy) is 1. The van der Waals surface area contributed by atoms with Gasteiger partial charge in [-0.1, -0.05) is 11.8 Å². The first-order chi connectivity index (χ1) is 13.1. The predicted octanol–water partition coefficient (Wildman–Crippen LogP) is 4.70. The largest absolute Gasteiger partial charge is 0.494 e. The fourth-order valence-electron chi connectivity index (χ4n) is 2.31. The van der Waals surface area contributed by atoms with Crippen LogP contribution in [0.2, 0.25) is 0 Å². The van der Waals surface area contributed by atoms with Gasteiger partial charge in [-0.2, -0.15) is 0 Å². The van der Waals surface area contributed by atoms with E-state index in [-0.39, 0.29) is 5.91 Å². The Hall–Kier alpha value is -2.38. The summed E-state index contributed by atoms with van der Waals surface area (Å²) in [6.07, 6.45) is 3.69. The molecular formula is C20H21N3O2S2. The number of aromatic nitrogens is 2. The Morgan fingerprint density at radius 1 is 1.11 bits per heavy atom. The first kappa shape index (κ1) is 19.4. The smallest absolute Gasteiger partial charge is 0.234 e. The second kappa shape index (κ2) is 9.53. The van der Waals surface area contributed by atoms with Crippen molar-refractivity contribution in [2.75, 3.05) is 17.7 Å². The van der Waals surface area contributed by atoms with E-state index < -0.39 is 0 Å². The molecular weight excluding hydrogens is 378 g/mol. The molecule has 3 aromatic rings. The topological polar surface area (TPSA) is 56.1 Å². The number of hydrogen-bond acceptors (Lipinski definition) is 5. The van der Waals surface area contributed by atoms with E-state index in [1.807, 2.05) is 73.3 Å². The van der Waals surface area contributed by atoms with Crippen LogP contribution < -0.4 is 10.1 Å². The highest BCUT2D eigenvalue weighted by Gasteiger charge is 2.06. The Kier molecular flexibility index (Phi) is 6.84. The lowest BCUT2D eigenvalue weighted by atomic mass is 10.3. The minimum absolute atomic E-state index is 0.0293. The monoisotopic (exact) mass is 399 g/mol. The fourth-order valence-corrected chi connectivity index (χ4v) is 3.81. The molecule has 27 heavy (non-hydrogen) atoms. The van der Waals surface area contributed by atoms with Gasteiger partial charge < -0.3 is 14.6 Å².